The van der Waals surface area contributed by atoms with Crippen LogP contribution in [0.4, 0.5) is 16.3 Å². The highest BCUT2D eigenvalue weighted by Gasteiger charge is 2.41. The third kappa shape index (κ3) is 2.98. The topological polar surface area (TPSA) is 101 Å². The highest BCUT2D eigenvalue weighted by atomic mass is 16.2. The van der Waals surface area contributed by atoms with E-state index in [2.05, 4.69) is 20.5 Å². The van der Waals surface area contributed by atoms with Gasteiger partial charge in [-0.25, -0.2) is 9.48 Å². The maximum atomic E-state index is 13.3. The van der Waals surface area contributed by atoms with E-state index in [1.54, 1.807) is 20.5 Å². The molecule has 1 N–H and O–H groups in total. The van der Waals surface area contributed by atoms with Crippen LogP contribution in [-0.4, -0.2) is 61.9 Å². The molecule has 5 rings (SSSR count). The predicted octanol–water partition coefficient (Wildman–Crippen LogP) is 1.86. The van der Waals surface area contributed by atoms with Crippen molar-refractivity contribution in [1.29, 1.82) is 0 Å². The number of aryl methyl sites for hydroxylation is 2. The zero-order chi connectivity index (χ0) is 21.7. The van der Waals surface area contributed by atoms with Crippen LogP contribution in [0.3, 0.4) is 0 Å². The molecule has 2 aromatic heterocycles. The van der Waals surface area contributed by atoms with E-state index in [4.69, 9.17) is 0 Å². The highest BCUT2D eigenvalue weighted by molar-refractivity contribution is 6.20. The molecule has 0 unspecified atom stereocenters. The lowest BCUT2D eigenvalue weighted by Crippen LogP contribution is -2.52. The summed E-state index contributed by atoms with van der Waals surface area (Å²) >= 11 is 0. The van der Waals surface area contributed by atoms with Crippen molar-refractivity contribution in [2.24, 2.45) is 12.0 Å². The molecule has 0 atom stereocenters. The summed E-state index contributed by atoms with van der Waals surface area (Å²) in [5.41, 5.74) is 3.77. The number of anilines is 2. The molecule has 10 nitrogen and oxygen atoms in total. The summed E-state index contributed by atoms with van der Waals surface area (Å²) in [4.78, 5) is 33.9. The number of nitrogens with zero attached hydrogens (tertiary/aromatic N) is 7. The van der Waals surface area contributed by atoms with Crippen molar-refractivity contribution in [3.05, 3.63) is 53.5 Å². The van der Waals surface area contributed by atoms with Crippen LogP contribution in [0, 0.1) is 13.8 Å². The fraction of sp³-hybridized carbons (Fsp3) is 0.286. The standard InChI is InChI=1S/C21H22N8O2/c1-13-18(14(2)26(3)25-13)24-17(30)12-28-20-16(19-22-9-10-27(19)21(28)31)11-23-29(20)15-7-5-4-6-8-15/h4-8,11H,9-10,12H2,1-3H3,(H,24,30). The molecular weight excluding hydrogens is 396 g/mol. The zero-order valence-corrected chi connectivity index (χ0v) is 17.5. The van der Waals surface area contributed by atoms with Gasteiger partial charge >= 0.3 is 6.03 Å². The summed E-state index contributed by atoms with van der Waals surface area (Å²) in [6.07, 6.45) is 1.70. The van der Waals surface area contributed by atoms with Crippen molar-refractivity contribution >= 4 is 29.3 Å². The lowest BCUT2D eigenvalue weighted by molar-refractivity contribution is -0.114. The lowest BCUT2D eigenvalue weighted by Gasteiger charge is -2.33. The summed E-state index contributed by atoms with van der Waals surface area (Å²) in [5.74, 6) is 0.847. The molecule has 31 heavy (non-hydrogen) atoms. The number of hydrogen-bond donors (Lipinski definition) is 1. The van der Waals surface area contributed by atoms with Crippen molar-refractivity contribution in [1.82, 2.24) is 24.5 Å². The van der Waals surface area contributed by atoms with Gasteiger partial charge in [0.15, 0.2) is 5.82 Å². The zero-order valence-electron chi connectivity index (χ0n) is 17.5. The van der Waals surface area contributed by atoms with Crippen LogP contribution in [0.2, 0.25) is 0 Å². The molecule has 3 amide bonds. The van der Waals surface area contributed by atoms with Crippen LogP contribution in [0.5, 0.6) is 0 Å². The van der Waals surface area contributed by atoms with Crippen molar-refractivity contribution in [2.75, 3.05) is 29.9 Å². The summed E-state index contributed by atoms with van der Waals surface area (Å²) in [7, 11) is 1.82. The van der Waals surface area contributed by atoms with Gasteiger partial charge < -0.3 is 5.32 Å². The van der Waals surface area contributed by atoms with Crippen LogP contribution >= 0.6 is 0 Å². The Labute approximate surface area is 178 Å². The number of benzene rings is 1. The molecule has 2 aliphatic rings. The molecule has 0 saturated carbocycles. The van der Waals surface area contributed by atoms with Gasteiger partial charge in [-0.2, -0.15) is 10.2 Å². The Morgan fingerprint density at radius 3 is 2.68 bits per heavy atom. The molecule has 0 saturated heterocycles. The number of fused-ring (bicyclic) bond motifs is 3. The third-order valence-corrected chi connectivity index (χ3v) is 5.62. The van der Waals surface area contributed by atoms with Crippen LogP contribution in [0.25, 0.3) is 5.69 Å². The minimum atomic E-state index is -0.307. The van der Waals surface area contributed by atoms with E-state index in [1.165, 1.54) is 4.90 Å². The molecule has 158 valence electrons. The fourth-order valence-electron chi connectivity index (χ4n) is 4.04. The first kappa shape index (κ1) is 19.0. The van der Waals surface area contributed by atoms with Gasteiger partial charge in [0.25, 0.3) is 0 Å². The summed E-state index contributed by atoms with van der Waals surface area (Å²) in [6, 6.07) is 9.24. The first-order valence-corrected chi connectivity index (χ1v) is 10.0. The fourth-order valence-corrected chi connectivity index (χ4v) is 4.04. The Morgan fingerprint density at radius 2 is 1.97 bits per heavy atom. The number of para-hydroxylation sites is 1. The number of rotatable bonds is 4. The number of carbonyl (C=O) groups is 2. The number of aliphatic imine (C=N–C) groups is 1. The number of urea groups is 1. The van der Waals surface area contributed by atoms with Crippen molar-refractivity contribution in [3.8, 4) is 5.69 Å². The quantitative estimate of drug-likeness (QED) is 0.699. The van der Waals surface area contributed by atoms with Crippen LogP contribution in [0.15, 0.2) is 41.5 Å². The first-order valence-electron chi connectivity index (χ1n) is 10.0. The number of amidine groups is 1. The van der Waals surface area contributed by atoms with Gasteiger partial charge in [0.1, 0.15) is 12.4 Å². The smallest absolute Gasteiger partial charge is 0.321 e. The second-order valence-electron chi connectivity index (χ2n) is 7.57. The summed E-state index contributed by atoms with van der Waals surface area (Å²) < 4.78 is 3.39. The van der Waals surface area contributed by atoms with Crippen LogP contribution < -0.4 is 10.2 Å². The predicted molar refractivity (Wildman–Crippen MR) is 116 cm³/mol. The van der Waals surface area contributed by atoms with E-state index < -0.39 is 0 Å². The summed E-state index contributed by atoms with van der Waals surface area (Å²) in [6.45, 7) is 4.59. The first-order chi connectivity index (χ1) is 15.0. The molecule has 3 aromatic rings. The minimum absolute atomic E-state index is 0.151. The Balaban J connectivity index is 1.52. The largest absolute Gasteiger partial charge is 0.331 e. The van der Waals surface area contributed by atoms with E-state index in [1.807, 2.05) is 51.2 Å². The van der Waals surface area contributed by atoms with Gasteiger partial charge in [0, 0.05) is 13.6 Å². The maximum absolute atomic E-state index is 13.3. The van der Waals surface area contributed by atoms with Gasteiger partial charge in [-0.3, -0.25) is 24.3 Å². The SMILES string of the molecule is Cc1nn(C)c(C)c1NC(=O)CN1C(=O)N2CCN=C2c2cnn(-c3ccccc3)c21. The number of hydrogen-bond acceptors (Lipinski definition) is 5. The van der Waals surface area contributed by atoms with Gasteiger partial charge in [-0.15, -0.1) is 0 Å². The molecule has 2 aliphatic heterocycles. The third-order valence-electron chi connectivity index (χ3n) is 5.62. The van der Waals surface area contributed by atoms with E-state index in [0.29, 0.717) is 30.4 Å². The Kier molecular flexibility index (Phi) is 4.35. The second-order valence-corrected chi connectivity index (χ2v) is 7.57. The molecule has 1 aromatic carbocycles. The van der Waals surface area contributed by atoms with E-state index in [-0.39, 0.29) is 18.5 Å². The van der Waals surface area contributed by atoms with E-state index in [0.717, 1.165) is 22.6 Å². The second kappa shape index (κ2) is 7.08. The summed E-state index contributed by atoms with van der Waals surface area (Å²) in [5, 5.41) is 11.8. The number of aromatic nitrogens is 4. The number of amides is 3. The molecular formula is C21H22N8O2. The van der Waals surface area contributed by atoms with Gasteiger partial charge in [0.05, 0.1) is 41.1 Å². The Bertz CT molecular complexity index is 1220. The number of carbonyl (C=O) groups excluding carboxylic acids is 2. The van der Waals surface area contributed by atoms with E-state index >= 15 is 0 Å². The Morgan fingerprint density at radius 1 is 1.19 bits per heavy atom. The Hall–Kier alpha value is -3.95. The molecule has 0 fully saturated rings. The molecule has 0 spiro atoms. The van der Waals surface area contributed by atoms with Gasteiger partial charge in [-0.1, -0.05) is 18.2 Å². The van der Waals surface area contributed by atoms with Crippen LogP contribution in [-0.2, 0) is 11.8 Å². The highest BCUT2D eigenvalue weighted by Crippen LogP contribution is 2.33. The normalized spacial score (nSPS) is 15.1. The molecule has 0 aliphatic carbocycles. The molecule has 0 bridgehead atoms. The van der Waals surface area contributed by atoms with Gasteiger partial charge in [-0.05, 0) is 26.0 Å². The monoisotopic (exact) mass is 418 g/mol. The molecule has 0 radical (unpaired) electrons. The van der Waals surface area contributed by atoms with Gasteiger partial charge in [0.2, 0.25) is 5.91 Å². The van der Waals surface area contributed by atoms with Crippen molar-refractivity contribution in [2.45, 2.75) is 13.8 Å². The average Bonchev–Trinajstić information content (AvgIpc) is 3.46. The molecule has 4 heterocycles. The maximum Gasteiger partial charge on any atom is 0.331 e. The van der Waals surface area contributed by atoms with Crippen LogP contribution in [0.1, 0.15) is 17.0 Å². The average molecular weight is 418 g/mol. The molecule has 10 heteroatoms. The number of nitrogens with one attached hydrogen (secondary N) is 1. The van der Waals surface area contributed by atoms with Crippen molar-refractivity contribution in [3.63, 3.8) is 0 Å². The van der Waals surface area contributed by atoms with Crippen molar-refractivity contribution < 1.29 is 9.59 Å². The van der Waals surface area contributed by atoms with E-state index in [9.17, 15) is 9.59 Å². The minimum Gasteiger partial charge on any atom is -0.321 e. The lowest BCUT2D eigenvalue weighted by atomic mass is 10.2.